The highest BCUT2D eigenvalue weighted by Crippen LogP contribution is 2.53. The van der Waals surface area contributed by atoms with Crippen molar-refractivity contribution in [1.82, 2.24) is 9.80 Å². The van der Waals surface area contributed by atoms with Crippen molar-refractivity contribution in [2.45, 2.75) is 0 Å². The van der Waals surface area contributed by atoms with Crippen molar-refractivity contribution in [3.63, 3.8) is 0 Å². The molecule has 9 heteroatoms. The molecule has 2 aliphatic heterocycles. The molecular weight excluding hydrogens is 292 g/mol. The minimum Gasteiger partial charge on any atom is -0.395 e. The van der Waals surface area contributed by atoms with Gasteiger partial charge in [0, 0.05) is 27.2 Å². The number of amidine groups is 2. The highest BCUT2D eigenvalue weighted by atomic mass is 33.5. The molecule has 0 aromatic heterocycles. The molecule has 2 heterocycles. The van der Waals surface area contributed by atoms with Gasteiger partial charge in [0.05, 0.1) is 13.2 Å². The standard InChI is InChI=1S/C9H16N4O2S3/c1-12(3-5-14)8-10-7-11-9(13(2)4-6-15)17-18(7)16-8/h14-15H,3-6H2,1-2H3. The lowest BCUT2D eigenvalue weighted by atomic mass is 10.6. The Labute approximate surface area is 116 Å². The summed E-state index contributed by atoms with van der Waals surface area (Å²) in [5.74, 6) is 0. The van der Waals surface area contributed by atoms with Crippen LogP contribution in [0.3, 0.4) is 0 Å². The van der Waals surface area contributed by atoms with E-state index in [1.165, 1.54) is 0 Å². The average molecular weight is 308 g/mol. The summed E-state index contributed by atoms with van der Waals surface area (Å²) in [5.41, 5.74) is 0. The predicted molar refractivity (Wildman–Crippen MR) is 82.1 cm³/mol. The van der Waals surface area contributed by atoms with Gasteiger partial charge < -0.3 is 20.0 Å². The van der Waals surface area contributed by atoms with E-state index < -0.39 is 0 Å². The fourth-order valence-electron chi connectivity index (χ4n) is 1.32. The quantitative estimate of drug-likeness (QED) is 0.572. The Kier molecular flexibility index (Phi) is 4.96. The maximum Gasteiger partial charge on any atom is 0.203 e. The smallest absolute Gasteiger partial charge is 0.203 e. The third kappa shape index (κ3) is 3.02. The number of hydrogen-bond donors (Lipinski definition) is 2. The van der Waals surface area contributed by atoms with E-state index in [9.17, 15) is 0 Å². The van der Waals surface area contributed by atoms with Gasteiger partial charge in [-0.05, 0) is 30.1 Å². The first kappa shape index (κ1) is 14.2. The second-order valence-corrected chi connectivity index (χ2v) is 9.29. The van der Waals surface area contributed by atoms with Crippen molar-refractivity contribution in [3.05, 3.63) is 0 Å². The molecule has 0 unspecified atom stereocenters. The van der Waals surface area contributed by atoms with Gasteiger partial charge in [-0.15, -0.1) is 0 Å². The summed E-state index contributed by atoms with van der Waals surface area (Å²) in [4.78, 5) is 12.9. The van der Waals surface area contributed by atoms with Crippen LogP contribution < -0.4 is 0 Å². The number of rotatable bonds is 4. The molecule has 2 rings (SSSR count). The van der Waals surface area contributed by atoms with E-state index in [0.717, 1.165) is 15.4 Å². The van der Waals surface area contributed by atoms with E-state index in [1.807, 2.05) is 23.9 Å². The molecule has 102 valence electrons. The van der Waals surface area contributed by atoms with Crippen LogP contribution in [0, 0.1) is 0 Å². The Balaban J connectivity index is 1.99. The molecule has 6 nitrogen and oxygen atoms in total. The van der Waals surface area contributed by atoms with E-state index >= 15 is 0 Å². The molecule has 0 aromatic carbocycles. The fraction of sp³-hybridized carbons (Fsp3) is 0.667. The van der Waals surface area contributed by atoms with Gasteiger partial charge in [-0.3, -0.25) is 0 Å². The van der Waals surface area contributed by atoms with Gasteiger partial charge in [0.2, 0.25) is 5.11 Å². The molecule has 2 aliphatic rings. The largest absolute Gasteiger partial charge is 0.395 e. The first-order chi connectivity index (χ1) is 8.65. The van der Waals surface area contributed by atoms with Crippen molar-refractivity contribution in [2.75, 3.05) is 40.4 Å². The van der Waals surface area contributed by atoms with Gasteiger partial charge in [-0.1, -0.05) is 0 Å². The maximum absolute atomic E-state index is 8.90. The van der Waals surface area contributed by atoms with E-state index in [4.69, 9.17) is 10.2 Å². The molecule has 0 radical (unpaired) electrons. The first-order valence-electron chi connectivity index (χ1n) is 5.45. The Morgan fingerprint density at radius 1 is 1.00 bits per heavy atom. The molecule has 0 bridgehead atoms. The van der Waals surface area contributed by atoms with Gasteiger partial charge in [-0.2, -0.15) is 9.98 Å². The summed E-state index contributed by atoms with van der Waals surface area (Å²) < 4.78 is 0. The monoisotopic (exact) mass is 308 g/mol. The Hall–Kier alpha value is -0.220. The summed E-state index contributed by atoms with van der Waals surface area (Å²) >= 11 is 0. The van der Waals surface area contributed by atoms with Crippen molar-refractivity contribution >= 4 is 45.6 Å². The summed E-state index contributed by atoms with van der Waals surface area (Å²) in [6, 6.07) is 0. The molecule has 18 heavy (non-hydrogen) atoms. The average Bonchev–Trinajstić information content (AvgIpc) is 2.86. The number of nitrogens with zero attached hydrogens (tertiary/aromatic N) is 4. The molecular formula is C9H16N4O2S3. The van der Waals surface area contributed by atoms with Crippen LogP contribution in [0.4, 0.5) is 0 Å². The van der Waals surface area contributed by atoms with Crippen LogP contribution >= 0.6 is 30.1 Å². The van der Waals surface area contributed by atoms with E-state index in [-0.39, 0.29) is 21.8 Å². The zero-order valence-electron chi connectivity index (χ0n) is 10.2. The first-order valence-corrected chi connectivity index (χ1v) is 9.34. The second kappa shape index (κ2) is 6.29. The number of aliphatic imine (C=N–C) groups is 2. The molecule has 0 atom stereocenters. The van der Waals surface area contributed by atoms with E-state index in [2.05, 4.69) is 9.98 Å². The predicted octanol–water partition coefficient (Wildman–Crippen LogP) is 0.226. The highest BCUT2D eigenvalue weighted by Gasteiger charge is 2.29. The SMILES string of the molecule is CN(CCO)C1=NC2=S(S1)SC(N(C)CCO)=N2. The lowest BCUT2D eigenvalue weighted by Gasteiger charge is -2.19. The van der Waals surface area contributed by atoms with Crippen LogP contribution in [0.5, 0.6) is 0 Å². The normalized spacial score (nSPS) is 18.8. The Morgan fingerprint density at radius 2 is 1.44 bits per heavy atom. The van der Waals surface area contributed by atoms with Crippen LogP contribution in [0.25, 0.3) is 0 Å². The number of hydrogen-bond acceptors (Lipinski definition) is 8. The van der Waals surface area contributed by atoms with Crippen LogP contribution in [-0.4, -0.2) is 75.9 Å². The number of likely N-dealkylation sites (N-methyl/N-ethyl adjacent to an activating group) is 2. The van der Waals surface area contributed by atoms with Crippen molar-refractivity contribution < 1.29 is 10.2 Å². The molecule has 0 aliphatic carbocycles. The highest BCUT2D eigenvalue weighted by molar-refractivity contribution is 9.21. The molecule has 0 saturated heterocycles. The third-order valence-corrected chi connectivity index (χ3v) is 8.17. The van der Waals surface area contributed by atoms with Gasteiger partial charge in [0.1, 0.15) is 0 Å². The summed E-state index contributed by atoms with van der Waals surface area (Å²) in [6.07, 6.45) is 0. The molecule has 0 fully saturated rings. The van der Waals surface area contributed by atoms with Gasteiger partial charge in [0.25, 0.3) is 0 Å². The molecule has 0 spiro atoms. The summed E-state index contributed by atoms with van der Waals surface area (Å²) in [7, 11) is 7.12. The molecule has 0 aromatic rings. The summed E-state index contributed by atoms with van der Waals surface area (Å²) in [6.45, 7) is 1.42. The maximum atomic E-state index is 8.90. The van der Waals surface area contributed by atoms with Crippen molar-refractivity contribution in [1.29, 1.82) is 0 Å². The van der Waals surface area contributed by atoms with Crippen molar-refractivity contribution in [3.8, 4) is 0 Å². The van der Waals surface area contributed by atoms with Crippen LogP contribution in [0.15, 0.2) is 9.98 Å². The van der Waals surface area contributed by atoms with Crippen LogP contribution in [-0.2, 0) is 0 Å². The minimum absolute atomic E-state index is 0.0804. The molecule has 0 amide bonds. The van der Waals surface area contributed by atoms with Crippen molar-refractivity contribution in [2.24, 2.45) is 9.98 Å². The van der Waals surface area contributed by atoms with Crippen LogP contribution in [0.2, 0.25) is 0 Å². The molecule has 0 saturated carbocycles. The van der Waals surface area contributed by atoms with Crippen LogP contribution in [0.1, 0.15) is 0 Å². The summed E-state index contributed by atoms with van der Waals surface area (Å²) in [5, 5.41) is 20.5. The second-order valence-electron chi connectivity index (χ2n) is 3.76. The third-order valence-electron chi connectivity index (χ3n) is 2.36. The number of aliphatic hydroxyl groups is 2. The fourth-order valence-corrected chi connectivity index (χ4v) is 7.09. The van der Waals surface area contributed by atoms with E-state index in [1.54, 1.807) is 21.6 Å². The van der Waals surface area contributed by atoms with Gasteiger partial charge in [-0.25, -0.2) is 0 Å². The Bertz CT molecular complexity index is 388. The number of aliphatic hydroxyl groups excluding tert-OH is 2. The molecule has 2 N–H and O–H groups in total. The Morgan fingerprint density at radius 3 is 1.78 bits per heavy atom. The zero-order chi connectivity index (χ0) is 13.1. The lowest BCUT2D eigenvalue weighted by Crippen LogP contribution is -2.28. The van der Waals surface area contributed by atoms with Gasteiger partial charge in [0.15, 0.2) is 10.3 Å². The van der Waals surface area contributed by atoms with E-state index in [0.29, 0.717) is 13.1 Å². The van der Waals surface area contributed by atoms with Gasteiger partial charge >= 0.3 is 0 Å². The lowest BCUT2D eigenvalue weighted by molar-refractivity contribution is 0.265. The minimum atomic E-state index is -0.0804. The topological polar surface area (TPSA) is 71.7 Å². The zero-order valence-corrected chi connectivity index (χ0v) is 12.7.